The monoisotopic (exact) mass is 482 g/mol. The number of fused-ring (bicyclic) bond motifs is 1. The summed E-state index contributed by atoms with van der Waals surface area (Å²) in [6.45, 7) is 9.93. The number of rotatable bonds is 6. The van der Waals surface area contributed by atoms with Crippen molar-refractivity contribution in [1.29, 1.82) is 0 Å². The lowest BCUT2D eigenvalue weighted by molar-refractivity contribution is -0.139. The lowest BCUT2D eigenvalue weighted by atomic mass is 9.95. The number of likely N-dealkylation sites (N-methyl/N-ethyl adjacent to an activating group) is 1. The second kappa shape index (κ2) is 10.3. The van der Waals surface area contributed by atoms with Crippen LogP contribution in [0.5, 0.6) is 0 Å². The highest BCUT2D eigenvalue weighted by atomic mass is 16.5. The number of piperazine rings is 1. The van der Waals surface area contributed by atoms with E-state index in [1.807, 2.05) is 31.2 Å². The van der Waals surface area contributed by atoms with Crippen LogP contribution in [0.3, 0.4) is 0 Å². The minimum absolute atomic E-state index is 0.0282. The molecule has 1 aliphatic carbocycles. The van der Waals surface area contributed by atoms with Crippen molar-refractivity contribution in [2.75, 3.05) is 50.8 Å². The largest absolute Gasteiger partial charge is 0.369 e. The van der Waals surface area contributed by atoms with Gasteiger partial charge in [0.25, 0.3) is 5.91 Å². The van der Waals surface area contributed by atoms with Crippen LogP contribution in [0.2, 0.25) is 0 Å². The van der Waals surface area contributed by atoms with Crippen molar-refractivity contribution in [2.45, 2.75) is 57.7 Å². The number of carbonyl (C=O) groups is 3. The van der Waals surface area contributed by atoms with Crippen LogP contribution in [-0.2, 0) is 14.3 Å². The Balaban J connectivity index is 1.28. The van der Waals surface area contributed by atoms with Crippen molar-refractivity contribution >= 4 is 23.3 Å². The molecule has 4 aliphatic rings. The lowest BCUT2D eigenvalue weighted by Crippen LogP contribution is -2.54. The standard InChI is InChI=1S/C27H38N4O4/c1-3-29-12-14-30(15-13-29)21-10-8-20(9-11-21)26(33)28-23(19-6-4-5-7-19)27(34)31-16-18(2)25-24(31)22(32)17-35-25/h8-11,18-19,23-25H,3-7,12-17H2,1-2H3,(H,28,33)/t18-,23-,24+,25+/m0/s1. The van der Waals surface area contributed by atoms with Gasteiger partial charge in [0.1, 0.15) is 18.7 Å². The van der Waals surface area contributed by atoms with Crippen molar-refractivity contribution in [2.24, 2.45) is 11.8 Å². The van der Waals surface area contributed by atoms with Gasteiger partial charge in [-0.25, -0.2) is 0 Å². The Bertz CT molecular complexity index is 937. The molecule has 8 nitrogen and oxygen atoms in total. The number of hydrogen-bond donors (Lipinski definition) is 1. The Morgan fingerprint density at radius 3 is 2.43 bits per heavy atom. The van der Waals surface area contributed by atoms with E-state index in [-0.39, 0.29) is 42.1 Å². The van der Waals surface area contributed by atoms with Gasteiger partial charge in [0.05, 0.1) is 6.10 Å². The molecule has 3 aliphatic heterocycles. The van der Waals surface area contributed by atoms with E-state index in [1.165, 1.54) is 0 Å². The number of nitrogens with zero attached hydrogens (tertiary/aromatic N) is 3. The maximum Gasteiger partial charge on any atom is 0.251 e. The fourth-order valence-electron chi connectivity index (χ4n) is 6.34. The first-order chi connectivity index (χ1) is 17.0. The zero-order chi connectivity index (χ0) is 24.5. The molecular weight excluding hydrogens is 444 g/mol. The third-order valence-electron chi connectivity index (χ3n) is 8.46. The first-order valence-electron chi connectivity index (χ1n) is 13.3. The van der Waals surface area contributed by atoms with Gasteiger partial charge in [-0.3, -0.25) is 14.4 Å². The van der Waals surface area contributed by atoms with Gasteiger partial charge in [-0.1, -0.05) is 26.7 Å². The summed E-state index contributed by atoms with van der Waals surface area (Å²) in [5.74, 6) is -0.168. The summed E-state index contributed by atoms with van der Waals surface area (Å²) in [5, 5.41) is 3.07. The highest BCUT2D eigenvalue weighted by Gasteiger charge is 2.52. The highest BCUT2D eigenvalue weighted by molar-refractivity contribution is 5.99. The molecule has 1 N–H and O–H groups in total. The SMILES string of the molecule is CCN1CCN(c2ccc(C(=O)N[C@H](C(=O)N3C[C@H](C)[C@H]4OCC(=O)[C@H]43)C3CCCC3)cc2)CC1. The summed E-state index contributed by atoms with van der Waals surface area (Å²) in [6.07, 6.45) is 3.74. The maximum atomic E-state index is 13.7. The fraction of sp³-hybridized carbons (Fsp3) is 0.667. The second-order valence-corrected chi connectivity index (χ2v) is 10.6. The molecule has 3 heterocycles. The number of likely N-dealkylation sites (tertiary alicyclic amines) is 1. The van der Waals surface area contributed by atoms with Crippen LogP contribution in [0.15, 0.2) is 24.3 Å². The number of nitrogens with one attached hydrogen (secondary N) is 1. The average molecular weight is 483 g/mol. The molecule has 2 amide bonds. The molecule has 4 fully saturated rings. The lowest BCUT2D eigenvalue weighted by Gasteiger charge is -2.35. The van der Waals surface area contributed by atoms with Gasteiger partial charge in [-0.15, -0.1) is 0 Å². The number of carbonyl (C=O) groups excluding carboxylic acids is 3. The van der Waals surface area contributed by atoms with Gasteiger partial charge in [0.15, 0.2) is 5.78 Å². The zero-order valence-electron chi connectivity index (χ0n) is 20.9. The summed E-state index contributed by atoms with van der Waals surface area (Å²) in [5.41, 5.74) is 1.68. The minimum Gasteiger partial charge on any atom is -0.369 e. The molecule has 0 bridgehead atoms. The summed E-state index contributed by atoms with van der Waals surface area (Å²) < 4.78 is 5.67. The van der Waals surface area contributed by atoms with E-state index in [0.717, 1.165) is 64.1 Å². The van der Waals surface area contributed by atoms with E-state index >= 15 is 0 Å². The van der Waals surface area contributed by atoms with Crippen LogP contribution in [0.1, 0.15) is 49.9 Å². The first kappa shape index (κ1) is 24.3. The smallest absolute Gasteiger partial charge is 0.251 e. The Labute approximate surface area is 207 Å². The molecule has 0 aromatic heterocycles. The molecule has 3 saturated heterocycles. The number of Topliss-reactive ketones (excluding diaryl/α,β-unsaturated/α-hetero) is 1. The molecule has 0 unspecified atom stereocenters. The van der Waals surface area contributed by atoms with Crippen molar-refractivity contribution in [1.82, 2.24) is 15.1 Å². The predicted octanol–water partition coefficient (Wildman–Crippen LogP) is 1.93. The Morgan fingerprint density at radius 2 is 1.77 bits per heavy atom. The van der Waals surface area contributed by atoms with Gasteiger partial charge >= 0.3 is 0 Å². The van der Waals surface area contributed by atoms with Gasteiger partial charge < -0.3 is 24.8 Å². The van der Waals surface area contributed by atoms with Crippen molar-refractivity contribution in [3.05, 3.63) is 29.8 Å². The van der Waals surface area contributed by atoms with E-state index in [2.05, 4.69) is 22.0 Å². The van der Waals surface area contributed by atoms with Gasteiger partial charge in [-0.05, 0) is 49.6 Å². The summed E-state index contributed by atoms with van der Waals surface area (Å²) in [4.78, 5) is 46.0. The third-order valence-corrected chi connectivity index (χ3v) is 8.46. The topological polar surface area (TPSA) is 82.2 Å². The van der Waals surface area contributed by atoms with Gasteiger partial charge in [0.2, 0.25) is 5.91 Å². The van der Waals surface area contributed by atoms with Crippen molar-refractivity contribution < 1.29 is 19.1 Å². The molecule has 8 heteroatoms. The van der Waals surface area contributed by atoms with Crippen LogP contribution in [0.4, 0.5) is 5.69 Å². The Kier molecular flexibility index (Phi) is 7.12. The van der Waals surface area contributed by atoms with Crippen LogP contribution < -0.4 is 10.2 Å². The summed E-state index contributed by atoms with van der Waals surface area (Å²) >= 11 is 0. The molecule has 1 aromatic rings. The molecular formula is C27H38N4O4. The minimum atomic E-state index is -0.605. The van der Waals surface area contributed by atoms with E-state index in [9.17, 15) is 14.4 Å². The Morgan fingerprint density at radius 1 is 1.09 bits per heavy atom. The number of ether oxygens (including phenoxy) is 1. The zero-order valence-corrected chi connectivity index (χ0v) is 20.9. The molecule has 5 rings (SSSR count). The van der Waals surface area contributed by atoms with E-state index in [1.54, 1.807) is 4.90 Å². The van der Waals surface area contributed by atoms with Crippen molar-refractivity contribution in [3.63, 3.8) is 0 Å². The number of anilines is 1. The molecule has 1 aromatic carbocycles. The molecule has 190 valence electrons. The Hall–Kier alpha value is -2.45. The first-order valence-corrected chi connectivity index (χ1v) is 13.3. The predicted molar refractivity (Wildman–Crippen MR) is 133 cm³/mol. The quantitative estimate of drug-likeness (QED) is 0.667. The van der Waals surface area contributed by atoms with Crippen molar-refractivity contribution in [3.8, 4) is 0 Å². The number of ketones is 1. The normalized spacial score (nSPS) is 28.4. The molecule has 1 saturated carbocycles. The summed E-state index contributed by atoms with van der Waals surface area (Å²) in [7, 11) is 0. The molecule has 4 atom stereocenters. The number of amides is 2. The average Bonchev–Trinajstić information content (AvgIpc) is 3.62. The van der Waals surface area contributed by atoms with E-state index in [4.69, 9.17) is 4.74 Å². The van der Waals surface area contributed by atoms with Crippen LogP contribution in [0.25, 0.3) is 0 Å². The third kappa shape index (κ3) is 4.83. The molecule has 0 spiro atoms. The maximum absolute atomic E-state index is 13.7. The van der Waals surface area contributed by atoms with E-state index < -0.39 is 12.1 Å². The highest BCUT2D eigenvalue weighted by Crippen LogP contribution is 2.35. The van der Waals surface area contributed by atoms with Gasteiger partial charge in [0, 0.05) is 49.9 Å². The molecule has 35 heavy (non-hydrogen) atoms. The molecule has 0 radical (unpaired) electrons. The second-order valence-electron chi connectivity index (χ2n) is 10.6. The van der Waals surface area contributed by atoms with Gasteiger partial charge in [-0.2, -0.15) is 0 Å². The number of hydrogen-bond acceptors (Lipinski definition) is 6. The summed E-state index contributed by atoms with van der Waals surface area (Å²) in [6, 6.07) is 6.61. The number of benzene rings is 1. The van der Waals surface area contributed by atoms with Crippen LogP contribution in [0, 0.1) is 11.8 Å². The van der Waals surface area contributed by atoms with Crippen LogP contribution in [-0.4, -0.2) is 91.5 Å². The van der Waals surface area contributed by atoms with E-state index in [0.29, 0.717) is 12.1 Å². The van der Waals surface area contributed by atoms with Crippen LogP contribution >= 0.6 is 0 Å². The fourth-order valence-corrected chi connectivity index (χ4v) is 6.34.